The number of benzene rings is 1. The van der Waals surface area contributed by atoms with Crippen molar-refractivity contribution in [2.24, 2.45) is 0 Å². The van der Waals surface area contributed by atoms with Crippen molar-refractivity contribution in [2.75, 3.05) is 37.6 Å². The lowest BCUT2D eigenvalue weighted by molar-refractivity contribution is -0.208. The number of nitrogens with zero attached hydrogens (tertiary/aromatic N) is 2. The molecule has 0 saturated carbocycles. The predicted molar refractivity (Wildman–Crippen MR) is 76.6 cm³/mol. The molecule has 1 aromatic carbocycles. The number of hydrogen-bond donors (Lipinski definition) is 1. The third-order valence-corrected chi connectivity index (χ3v) is 3.94. The highest BCUT2D eigenvalue weighted by molar-refractivity contribution is 5.59. The van der Waals surface area contributed by atoms with Gasteiger partial charge < -0.3 is 10.0 Å². The summed E-state index contributed by atoms with van der Waals surface area (Å²) in [5, 5.41) is 9.13. The van der Waals surface area contributed by atoms with Crippen LogP contribution in [0.15, 0.2) is 18.2 Å². The average Bonchev–Trinajstić information content (AvgIpc) is 2.39. The van der Waals surface area contributed by atoms with E-state index in [0.29, 0.717) is 26.2 Å². The highest BCUT2D eigenvalue weighted by atomic mass is 19.4. The summed E-state index contributed by atoms with van der Waals surface area (Å²) in [6.07, 6.45) is -6.80. The van der Waals surface area contributed by atoms with Gasteiger partial charge in [0.25, 0.3) is 0 Å². The number of halogens is 3. The quantitative estimate of drug-likeness (QED) is 0.928. The molecule has 118 valence electrons. The van der Waals surface area contributed by atoms with E-state index in [1.54, 1.807) is 4.90 Å². The van der Waals surface area contributed by atoms with Gasteiger partial charge in [0.15, 0.2) is 6.10 Å². The molecule has 0 amide bonds. The number of rotatable bonds is 3. The molecule has 0 aliphatic carbocycles. The van der Waals surface area contributed by atoms with Gasteiger partial charge in [-0.15, -0.1) is 0 Å². The van der Waals surface area contributed by atoms with Crippen molar-refractivity contribution in [3.8, 4) is 0 Å². The van der Waals surface area contributed by atoms with Gasteiger partial charge in [0.05, 0.1) is 0 Å². The molecule has 1 heterocycles. The Morgan fingerprint density at radius 2 is 1.62 bits per heavy atom. The van der Waals surface area contributed by atoms with Crippen LogP contribution in [0.5, 0.6) is 0 Å². The molecule has 3 nitrogen and oxygen atoms in total. The molecule has 0 radical (unpaired) electrons. The van der Waals surface area contributed by atoms with E-state index in [9.17, 15) is 13.2 Å². The van der Waals surface area contributed by atoms with Crippen LogP contribution in [0.3, 0.4) is 0 Å². The lowest BCUT2D eigenvalue weighted by Gasteiger charge is -2.38. The van der Waals surface area contributed by atoms with Crippen LogP contribution in [0.1, 0.15) is 11.1 Å². The molecular weight excluding hydrogens is 281 g/mol. The summed E-state index contributed by atoms with van der Waals surface area (Å²) in [6, 6.07) is 6.09. The maximum atomic E-state index is 12.4. The summed E-state index contributed by atoms with van der Waals surface area (Å²) < 4.78 is 37.1. The third kappa shape index (κ3) is 3.89. The summed E-state index contributed by atoms with van der Waals surface area (Å²) in [7, 11) is 0. The molecule has 1 aromatic rings. The molecule has 0 aromatic heterocycles. The molecule has 0 spiro atoms. The van der Waals surface area contributed by atoms with Crippen LogP contribution in [0, 0.1) is 13.8 Å². The minimum atomic E-state index is -4.54. The number of aryl methyl sites for hydroxylation is 2. The van der Waals surface area contributed by atoms with Crippen LogP contribution in [-0.4, -0.2) is 55.0 Å². The van der Waals surface area contributed by atoms with Gasteiger partial charge in [-0.3, -0.25) is 4.90 Å². The Hall–Kier alpha value is -1.27. The van der Waals surface area contributed by atoms with E-state index in [2.05, 4.69) is 4.90 Å². The van der Waals surface area contributed by atoms with Crippen LogP contribution < -0.4 is 4.90 Å². The Labute approximate surface area is 123 Å². The van der Waals surface area contributed by atoms with Crippen LogP contribution in [0.25, 0.3) is 0 Å². The smallest absolute Gasteiger partial charge is 0.382 e. The van der Waals surface area contributed by atoms with Crippen LogP contribution in [-0.2, 0) is 0 Å². The van der Waals surface area contributed by atoms with Crippen LogP contribution in [0.4, 0.5) is 18.9 Å². The lowest BCUT2D eigenvalue weighted by atomic mass is 10.1. The zero-order valence-corrected chi connectivity index (χ0v) is 12.3. The van der Waals surface area contributed by atoms with Gasteiger partial charge >= 0.3 is 6.18 Å². The SMILES string of the molecule is Cc1cccc(C)c1N1CCN(C[C@@H](O)C(F)(F)F)CC1. The molecule has 1 N–H and O–H groups in total. The fraction of sp³-hybridized carbons (Fsp3) is 0.600. The number of para-hydroxylation sites is 1. The maximum Gasteiger partial charge on any atom is 0.415 e. The number of anilines is 1. The molecular formula is C15H21F3N2O. The standard InChI is InChI=1S/C15H21F3N2O/c1-11-4-3-5-12(2)14(11)20-8-6-19(7-9-20)10-13(21)15(16,17)18/h3-5,13,21H,6-10H2,1-2H3/t13-/m1/s1. The van der Waals surface area contributed by atoms with Crippen molar-refractivity contribution in [2.45, 2.75) is 26.1 Å². The van der Waals surface area contributed by atoms with Gasteiger partial charge in [-0.2, -0.15) is 13.2 Å². The highest BCUT2D eigenvalue weighted by Crippen LogP contribution is 2.26. The Morgan fingerprint density at radius 1 is 1.10 bits per heavy atom. The summed E-state index contributed by atoms with van der Waals surface area (Å²) in [5.41, 5.74) is 3.53. The monoisotopic (exact) mass is 302 g/mol. The van der Waals surface area contributed by atoms with Crippen molar-refractivity contribution in [3.63, 3.8) is 0 Å². The molecule has 1 fully saturated rings. The normalized spacial score (nSPS) is 18.9. The summed E-state index contributed by atoms with van der Waals surface area (Å²) in [6.45, 7) is 6.16. The van der Waals surface area contributed by atoms with E-state index >= 15 is 0 Å². The van der Waals surface area contributed by atoms with Gasteiger partial charge in [-0.05, 0) is 25.0 Å². The number of aliphatic hydroxyl groups is 1. The molecule has 2 rings (SSSR count). The third-order valence-electron chi connectivity index (χ3n) is 3.94. The Kier molecular flexibility index (Phi) is 4.78. The molecule has 21 heavy (non-hydrogen) atoms. The first kappa shape index (κ1) is 16.1. The van der Waals surface area contributed by atoms with Crippen LogP contribution >= 0.6 is 0 Å². The van der Waals surface area contributed by atoms with Crippen molar-refractivity contribution < 1.29 is 18.3 Å². The second-order valence-corrected chi connectivity index (χ2v) is 5.59. The molecule has 1 atom stereocenters. The van der Waals surface area contributed by atoms with Crippen LogP contribution in [0.2, 0.25) is 0 Å². The summed E-state index contributed by atoms with van der Waals surface area (Å²) in [5.74, 6) is 0. The molecule has 6 heteroatoms. The number of piperazine rings is 1. The molecule has 0 bridgehead atoms. The Balaban J connectivity index is 1.95. The van der Waals surface area contributed by atoms with Crippen molar-refractivity contribution >= 4 is 5.69 Å². The van der Waals surface area contributed by atoms with E-state index < -0.39 is 12.3 Å². The molecule has 1 aliphatic heterocycles. The minimum absolute atomic E-state index is 0.343. The van der Waals surface area contributed by atoms with E-state index in [1.807, 2.05) is 32.0 Å². The summed E-state index contributed by atoms with van der Waals surface area (Å²) >= 11 is 0. The number of aliphatic hydroxyl groups excluding tert-OH is 1. The second-order valence-electron chi connectivity index (χ2n) is 5.59. The van der Waals surface area contributed by atoms with Gasteiger partial charge in [0.1, 0.15) is 0 Å². The highest BCUT2D eigenvalue weighted by Gasteiger charge is 2.39. The van der Waals surface area contributed by atoms with Crippen molar-refractivity contribution in [1.82, 2.24) is 4.90 Å². The zero-order chi connectivity index (χ0) is 15.6. The number of alkyl halides is 3. The second kappa shape index (κ2) is 6.23. The average molecular weight is 302 g/mol. The van der Waals surface area contributed by atoms with Gasteiger partial charge in [0, 0.05) is 38.4 Å². The Bertz CT molecular complexity index is 462. The Morgan fingerprint density at radius 3 is 2.10 bits per heavy atom. The predicted octanol–water partition coefficient (Wildman–Crippen LogP) is 2.35. The topological polar surface area (TPSA) is 26.7 Å². The minimum Gasteiger partial charge on any atom is -0.382 e. The van der Waals surface area contributed by atoms with E-state index in [1.165, 1.54) is 16.8 Å². The van der Waals surface area contributed by atoms with E-state index in [0.717, 1.165) is 0 Å². The van der Waals surface area contributed by atoms with Gasteiger partial charge in [-0.25, -0.2) is 0 Å². The lowest BCUT2D eigenvalue weighted by Crippen LogP contribution is -2.51. The van der Waals surface area contributed by atoms with Gasteiger partial charge in [0.2, 0.25) is 0 Å². The number of β-amino-alcohol motifs (C(OH)–C–C–N with tert-alkyl or cyclic N) is 1. The fourth-order valence-electron chi connectivity index (χ4n) is 2.81. The largest absolute Gasteiger partial charge is 0.415 e. The zero-order valence-electron chi connectivity index (χ0n) is 12.3. The van der Waals surface area contributed by atoms with E-state index in [4.69, 9.17) is 5.11 Å². The first-order valence-corrected chi connectivity index (χ1v) is 7.07. The van der Waals surface area contributed by atoms with Gasteiger partial charge in [-0.1, -0.05) is 18.2 Å². The first-order valence-electron chi connectivity index (χ1n) is 7.07. The molecule has 1 saturated heterocycles. The molecule has 0 unspecified atom stereocenters. The fourth-order valence-corrected chi connectivity index (χ4v) is 2.81. The molecule has 1 aliphatic rings. The van der Waals surface area contributed by atoms with Crippen molar-refractivity contribution in [1.29, 1.82) is 0 Å². The van der Waals surface area contributed by atoms with E-state index in [-0.39, 0.29) is 6.54 Å². The number of hydrogen-bond acceptors (Lipinski definition) is 3. The first-order chi connectivity index (χ1) is 9.79. The van der Waals surface area contributed by atoms with Crippen molar-refractivity contribution in [3.05, 3.63) is 29.3 Å². The maximum absolute atomic E-state index is 12.4. The summed E-state index contributed by atoms with van der Waals surface area (Å²) in [4.78, 5) is 3.88.